The monoisotopic (exact) mass is 342 g/mol. The minimum absolute atomic E-state index is 0.167. The molecule has 24 heavy (non-hydrogen) atoms. The summed E-state index contributed by atoms with van der Waals surface area (Å²) in [5, 5.41) is 2.86. The van der Waals surface area contributed by atoms with Crippen molar-refractivity contribution in [3.05, 3.63) is 71.0 Å². The largest absolute Gasteiger partial charge is 0.481 e. The van der Waals surface area contributed by atoms with Gasteiger partial charge in [0.15, 0.2) is 0 Å². The van der Waals surface area contributed by atoms with Crippen LogP contribution in [0.1, 0.15) is 15.2 Å². The standard InChI is InChI=1S/C18H15FN2O2S/c1-23-18-13(3-2-10-20-18)11-21-17(22)16-9-8-15(24-16)12-4-6-14(19)7-5-12/h2-10H,11H2,1H3,(H,21,22). The number of carbonyl (C=O) groups is 1. The highest BCUT2D eigenvalue weighted by Gasteiger charge is 2.11. The first-order valence-corrected chi connectivity index (χ1v) is 8.11. The van der Waals surface area contributed by atoms with E-state index in [0.717, 1.165) is 16.0 Å². The van der Waals surface area contributed by atoms with Gasteiger partial charge in [-0.3, -0.25) is 4.79 Å². The third-order valence-corrected chi connectivity index (χ3v) is 4.57. The average Bonchev–Trinajstić information content (AvgIpc) is 3.10. The van der Waals surface area contributed by atoms with E-state index in [-0.39, 0.29) is 11.7 Å². The van der Waals surface area contributed by atoms with Gasteiger partial charge in [-0.15, -0.1) is 11.3 Å². The quantitative estimate of drug-likeness (QED) is 0.765. The number of methoxy groups -OCH3 is 1. The molecule has 0 saturated heterocycles. The summed E-state index contributed by atoms with van der Waals surface area (Å²) in [7, 11) is 1.54. The third-order valence-electron chi connectivity index (χ3n) is 3.44. The van der Waals surface area contributed by atoms with Crippen LogP contribution in [-0.2, 0) is 6.54 Å². The van der Waals surface area contributed by atoms with Crippen LogP contribution in [0.2, 0.25) is 0 Å². The Morgan fingerprint density at radius 1 is 1.21 bits per heavy atom. The molecule has 2 heterocycles. The van der Waals surface area contributed by atoms with Gasteiger partial charge in [0.1, 0.15) is 5.82 Å². The highest BCUT2D eigenvalue weighted by molar-refractivity contribution is 7.17. The Bertz CT molecular complexity index is 846. The number of ether oxygens (including phenoxy) is 1. The van der Waals surface area contributed by atoms with Crippen LogP contribution in [0.5, 0.6) is 5.88 Å². The normalized spacial score (nSPS) is 10.4. The highest BCUT2D eigenvalue weighted by atomic mass is 32.1. The molecule has 0 fully saturated rings. The molecular formula is C18H15FN2O2S. The number of halogens is 1. The zero-order valence-electron chi connectivity index (χ0n) is 13.0. The number of rotatable bonds is 5. The van der Waals surface area contributed by atoms with Gasteiger partial charge in [0, 0.05) is 23.2 Å². The summed E-state index contributed by atoms with van der Waals surface area (Å²) < 4.78 is 18.1. The fourth-order valence-corrected chi connectivity index (χ4v) is 3.16. The Hall–Kier alpha value is -2.73. The number of amides is 1. The van der Waals surface area contributed by atoms with E-state index in [0.29, 0.717) is 17.3 Å². The fourth-order valence-electron chi connectivity index (χ4n) is 2.23. The van der Waals surface area contributed by atoms with Crippen LogP contribution in [0.3, 0.4) is 0 Å². The summed E-state index contributed by atoms with van der Waals surface area (Å²) in [6.45, 7) is 0.333. The van der Waals surface area contributed by atoms with Crippen LogP contribution in [0.4, 0.5) is 4.39 Å². The number of benzene rings is 1. The summed E-state index contributed by atoms with van der Waals surface area (Å²) in [6.07, 6.45) is 1.64. The summed E-state index contributed by atoms with van der Waals surface area (Å²) in [6, 6.07) is 13.5. The maximum Gasteiger partial charge on any atom is 0.261 e. The molecule has 0 radical (unpaired) electrons. The van der Waals surface area contributed by atoms with Gasteiger partial charge in [-0.25, -0.2) is 9.37 Å². The first-order chi connectivity index (χ1) is 11.7. The lowest BCUT2D eigenvalue weighted by atomic mass is 10.2. The topological polar surface area (TPSA) is 51.2 Å². The van der Waals surface area contributed by atoms with E-state index >= 15 is 0 Å². The number of hydrogen-bond acceptors (Lipinski definition) is 4. The third kappa shape index (κ3) is 3.60. The molecule has 122 valence electrons. The Labute approximate surface area is 142 Å². The molecule has 0 aliphatic carbocycles. The van der Waals surface area contributed by atoms with Crippen molar-refractivity contribution >= 4 is 17.2 Å². The zero-order chi connectivity index (χ0) is 16.9. The lowest BCUT2D eigenvalue weighted by molar-refractivity contribution is 0.0954. The molecule has 3 aromatic rings. The second-order valence-corrected chi connectivity index (χ2v) is 6.11. The van der Waals surface area contributed by atoms with Gasteiger partial charge in [-0.2, -0.15) is 0 Å². The van der Waals surface area contributed by atoms with E-state index in [2.05, 4.69) is 10.3 Å². The van der Waals surface area contributed by atoms with Gasteiger partial charge in [-0.1, -0.05) is 18.2 Å². The lowest BCUT2D eigenvalue weighted by Gasteiger charge is -2.07. The van der Waals surface area contributed by atoms with Crippen molar-refractivity contribution in [1.29, 1.82) is 0 Å². The van der Waals surface area contributed by atoms with E-state index < -0.39 is 0 Å². The predicted molar refractivity (Wildman–Crippen MR) is 91.7 cm³/mol. The van der Waals surface area contributed by atoms with Crippen molar-refractivity contribution in [2.45, 2.75) is 6.54 Å². The molecule has 2 aromatic heterocycles. The summed E-state index contributed by atoms with van der Waals surface area (Å²) >= 11 is 1.36. The van der Waals surface area contributed by atoms with Crippen molar-refractivity contribution < 1.29 is 13.9 Å². The number of pyridine rings is 1. The van der Waals surface area contributed by atoms with E-state index in [9.17, 15) is 9.18 Å². The minimum Gasteiger partial charge on any atom is -0.481 e. The van der Waals surface area contributed by atoms with Crippen LogP contribution < -0.4 is 10.1 Å². The van der Waals surface area contributed by atoms with Crippen molar-refractivity contribution in [1.82, 2.24) is 10.3 Å². The second-order valence-electron chi connectivity index (χ2n) is 5.03. The molecule has 0 aliphatic heterocycles. The van der Waals surface area contributed by atoms with Gasteiger partial charge in [0.25, 0.3) is 5.91 Å². The van der Waals surface area contributed by atoms with Crippen LogP contribution in [-0.4, -0.2) is 18.0 Å². The number of aromatic nitrogens is 1. The van der Waals surface area contributed by atoms with Gasteiger partial charge in [0.05, 0.1) is 12.0 Å². The Balaban J connectivity index is 1.69. The van der Waals surface area contributed by atoms with E-state index in [4.69, 9.17) is 4.74 Å². The Morgan fingerprint density at radius 3 is 2.75 bits per heavy atom. The fraction of sp³-hybridized carbons (Fsp3) is 0.111. The zero-order valence-corrected chi connectivity index (χ0v) is 13.8. The number of hydrogen-bond donors (Lipinski definition) is 1. The molecule has 6 heteroatoms. The second kappa shape index (κ2) is 7.23. The first-order valence-electron chi connectivity index (χ1n) is 7.29. The van der Waals surface area contributed by atoms with E-state index in [1.165, 1.54) is 23.5 Å². The van der Waals surface area contributed by atoms with Crippen LogP contribution in [0.25, 0.3) is 10.4 Å². The number of thiophene rings is 1. The van der Waals surface area contributed by atoms with Crippen LogP contribution >= 0.6 is 11.3 Å². The van der Waals surface area contributed by atoms with Gasteiger partial charge in [0.2, 0.25) is 5.88 Å². The molecule has 0 spiro atoms. The molecule has 1 N–H and O–H groups in total. The number of carbonyl (C=O) groups excluding carboxylic acids is 1. The Kier molecular flexibility index (Phi) is 4.86. The molecule has 0 unspecified atom stereocenters. The molecule has 0 bridgehead atoms. The molecule has 0 atom stereocenters. The Morgan fingerprint density at radius 2 is 2.00 bits per heavy atom. The van der Waals surface area contributed by atoms with Gasteiger partial charge < -0.3 is 10.1 Å². The molecule has 0 aliphatic rings. The van der Waals surface area contributed by atoms with Crippen molar-refractivity contribution in [3.63, 3.8) is 0 Å². The van der Waals surface area contributed by atoms with E-state index in [1.54, 1.807) is 37.6 Å². The van der Waals surface area contributed by atoms with Crippen LogP contribution in [0.15, 0.2) is 54.7 Å². The first kappa shape index (κ1) is 16.1. The minimum atomic E-state index is -0.279. The average molecular weight is 342 g/mol. The van der Waals surface area contributed by atoms with E-state index in [1.807, 2.05) is 12.1 Å². The van der Waals surface area contributed by atoms with Gasteiger partial charge >= 0.3 is 0 Å². The molecular weight excluding hydrogens is 327 g/mol. The molecule has 0 saturated carbocycles. The molecule has 1 amide bonds. The molecule has 3 rings (SSSR count). The van der Waals surface area contributed by atoms with Crippen molar-refractivity contribution in [3.8, 4) is 16.3 Å². The summed E-state index contributed by atoms with van der Waals surface area (Å²) in [4.78, 5) is 17.9. The SMILES string of the molecule is COc1ncccc1CNC(=O)c1ccc(-c2ccc(F)cc2)s1. The van der Waals surface area contributed by atoms with Crippen LogP contribution in [0, 0.1) is 5.82 Å². The van der Waals surface area contributed by atoms with Gasteiger partial charge in [-0.05, 0) is 35.9 Å². The predicted octanol–water partition coefficient (Wildman–Crippen LogP) is 3.89. The maximum absolute atomic E-state index is 13.0. The highest BCUT2D eigenvalue weighted by Crippen LogP contribution is 2.28. The number of nitrogens with zero attached hydrogens (tertiary/aromatic N) is 1. The maximum atomic E-state index is 13.0. The lowest BCUT2D eigenvalue weighted by Crippen LogP contribution is -2.22. The summed E-state index contributed by atoms with van der Waals surface area (Å²) in [5.41, 5.74) is 1.69. The van der Waals surface area contributed by atoms with Crippen molar-refractivity contribution in [2.24, 2.45) is 0 Å². The summed E-state index contributed by atoms with van der Waals surface area (Å²) in [5.74, 6) is 0.0499. The molecule has 4 nitrogen and oxygen atoms in total. The smallest absolute Gasteiger partial charge is 0.261 e. The van der Waals surface area contributed by atoms with Crippen molar-refractivity contribution in [2.75, 3.05) is 7.11 Å². The number of nitrogens with one attached hydrogen (secondary N) is 1. The molecule has 1 aromatic carbocycles.